The molecule has 0 radical (unpaired) electrons. The van der Waals surface area contributed by atoms with Crippen LogP contribution in [0.1, 0.15) is 24.4 Å². The maximum Gasteiger partial charge on any atom is 0.315 e. The Morgan fingerprint density at radius 1 is 1.08 bits per heavy atom. The first-order valence-electron chi connectivity index (χ1n) is 8.03. The fourth-order valence-electron chi connectivity index (χ4n) is 2.38. The van der Waals surface area contributed by atoms with Gasteiger partial charge in [-0.15, -0.1) is 0 Å². The van der Waals surface area contributed by atoms with Gasteiger partial charge in [-0.05, 0) is 18.1 Å². The van der Waals surface area contributed by atoms with Gasteiger partial charge in [0.2, 0.25) is 0 Å². The molecule has 0 aliphatic heterocycles. The minimum absolute atomic E-state index is 0.00179. The molecule has 1 heterocycles. The van der Waals surface area contributed by atoms with Gasteiger partial charge in [-0.3, -0.25) is 9.59 Å². The van der Waals surface area contributed by atoms with Gasteiger partial charge in [0.05, 0.1) is 12.6 Å². The summed E-state index contributed by atoms with van der Waals surface area (Å²) in [5, 5.41) is 14.1. The number of rotatable bonds is 8. The fraction of sp³-hybridized carbons (Fsp3) is 0.278. The fourth-order valence-corrected chi connectivity index (χ4v) is 2.38. The van der Waals surface area contributed by atoms with E-state index in [9.17, 15) is 14.4 Å². The van der Waals surface area contributed by atoms with Crippen molar-refractivity contribution in [2.45, 2.75) is 25.4 Å². The average molecular weight is 343 g/mol. The van der Waals surface area contributed by atoms with Gasteiger partial charge in [-0.1, -0.05) is 36.4 Å². The van der Waals surface area contributed by atoms with Crippen molar-refractivity contribution in [2.75, 3.05) is 6.54 Å². The molecule has 1 unspecified atom stereocenters. The number of nitrogens with one attached hydrogen (secondary N) is 2. The Hall–Kier alpha value is -3.09. The average Bonchev–Trinajstić information content (AvgIpc) is 2.60. The second-order valence-electron chi connectivity index (χ2n) is 5.55. The van der Waals surface area contributed by atoms with Crippen molar-refractivity contribution in [3.05, 3.63) is 70.6 Å². The molecular formula is C18H21N3O4. The maximum atomic E-state index is 12.1. The largest absolute Gasteiger partial charge is 0.481 e. The lowest BCUT2D eigenvalue weighted by Crippen LogP contribution is -2.40. The molecule has 1 atom stereocenters. The summed E-state index contributed by atoms with van der Waals surface area (Å²) in [4.78, 5) is 34.5. The van der Waals surface area contributed by atoms with Crippen LogP contribution in [0.5, 0.6) is 0 Å². The lowest BCUT2D eigenvalue weighted by molar-refractivity contribution is -0.137. The van der Waals surface area contributed by atoms with Gasteiger partial charge in [0, 0.05) is 25.2 Å². The molecule has 0 saturated carbocycles. The molecule has 1 aromatic carbocycles. The number of urea groups is 1. The highest BCUT2D eigenvalue weighted by molar-refractivity contribution is 5.74. The van der Waals surface area contributed by atoms with Crippen LogP contribution in [0.3, 0.4) is 0 Å². The van der Waals surface area contributed by atoms with Crippen LogP contribution < -0.4 is 16.2 Å². The molecule has 7 nitrogen and oxygen atoms in total. The molecule has 3 N–H and O–H groups in total. The minimum Gasteiger partial charge on any atom is -0.481 e. The molecule has 2 aromatic rings. The van der Waals surface area contributed by atoms with E-state index in [0.717, 1.165) is 5.56 Å². The Morgan fingerprint density at radius 3 is 2.48 bits per heavy atom. The molecule has 25 heavy (non-hydrogen) atoms. The van der Waals surface area contributed by atoms with Gasteiger partial charge in [0.1, 0.15) is 0 Å². The maximum absolute atomic E-state index is 12.1. The third-order valence-corrected chi connectivity index (χ3v) is 3.64. The predicted molar refractivity (Wildman–Crippen MR) is 93.3 cm³/mol. The van der Waals surface area contributed by atoms with Crippen LogP contribution in [-0.2, 0) is 11.3 Å². The second kappa shape index (κ2) is 9.27. The second-order valence-corrected chi connectivity index (χ2v) is 5.55. The zero-order chi connectivity index (χ0) is 18.1. The number of carbonyl (C=O) groups is 2. The molecule has 0 aliphatic rings. The van der Waals surface area contributed by atoms with Crippen LogP contribution >= 0.6 is 0 Å². The van der Waals surface area contributed by atoms with E-state index in [1.807, 2.05) is 30.3 Å². The van der Waals surface area contributed by atoms with Gasteiger partial charge >= 0.3 is 12.0 Å². The van der Waals surface area contributed by atoms with Gasteiger partial charge in [0.15, 0.2) is 0 Å². The first kappa shape index (κ1) is 18.3. The summed E-state index contributed by atoms with van der Waals surface area (Å²) in [6.45, 7) is 0.567. The van der Waals surface area contributed by atoms with Crippen LogP contribution in [0.2, 0.25) is 0 Å². The van der Waals surface area contributed by atoms with Crippen LogP contribution in [0.25, 0.3) is 0 Å². The molecule has 7 heteroatoms. The van der Waals surface area contributed by atoms with E-state index >= 15 is 0 Å². The molecular weight excluding hydrogens is 322 g/mol. The van der Waals surface area contributed by atoms with Gasteiger partial charge in [-0.25, -0.2) is 4.79 Å². The number of amides is 2. The predicted octanol–water partition coefficient (Wildman–Crippen LogP) is 1.75. The molecule has 2 amide bonds. The number of aliphatic carboxylic acids is 1. The standard InChI is InChI=1S/C18H21N3O4/c22-16-9-4-5-12-21(16)13-15(14-7-2-1-3-8-14)20-18(25)19-11-6-10-17(23)24/h1-5,7-9,12,15H,6,10-11,13H2,(H,23,24)(H2,19,20,25). The van der Waals surface area contributed by atoms with Gasteiger partial charge < -0.3 is 20.3 Å². The van der Waals surface area contributed by atoms with Gasteiger partial charge in [0.25, 0.3) is 5.56 Å². The molecule has 0 spiro atoms. The first-order chi connectivity index (χ1) is 12.1. The Bertz CT molecular complexity index is 758. The first-order valence-corrected chi connectivity index (χ1v) is 8.03. The summed E-state index contributed by atoms with van der Waals surface area (Å²) in [5.41, 5.74) is 0.728. The Kier molecular flexibility index (Phi) is 6.76. The van der Waals surface area contributed by atoms with Crippen molar-refractivity contribution in [3.63, 3.8) is 0 Å². The number of hydrogen-bond donors (Lipinski definition) is 3. The number of nitrogens with zero attached hydrogens (tertiary/aromatic N) is 1. The molecule has 0 aliphatic carbocycles. The SMILES string of the molecule is O=C(O)CCCNC(=O)NC(Cn1ccccc1=O)c1ccccc1. The number of carboxylic acid groups (broad SMARTS) is 1. The van der Waals surface area contributed by atoms with Crippen molar-refractivity contribution in [1.29, 1.82) is 0 Å². The van der Waals surface area contributed by atoms with Crippen LogP contribution in [0.4, 0.5) is 4.79 Å². The summed E-state index contributed by atoms with van der Waals surface area (Å²) in [6, 6.07) is 13.5. The number of pyridine rings is 1. The summed E-state index contributed by atoms with van der Waals surface area (Å²) in [6.07, 6.45) is 2.03. The Morgan fingerprint density at radius 2 is 1.80 bits per heavy atom. The molecule has 0 bridgehead atoms. The lowest BCUT2D eigenvalue weighted by Gasteiger charge is -2.20. The number of hydrogen-bond acceptors (Lipinski definition) is 3. The monoisotopic (exact) mass is 343 g/mol. The third-order valence-electron chi connectivity index (χ3n) is 3.64. The van der Waals surface area contributed by atoms with E-state index in [1.54, 1.807) is 18.3 Å². The minimum atomic E-state index is -0.896. The summed E-state index contributed by atoms with van der Waals surface area (Å²) in [7, 11) is 0. The normalized spacial score (nSPS) is 11.5. The van der Waals surface area contributed by atoms with Crippen LogP contribution in [0.15, 0.2) is 59.5 Å². The highest BCUT2D eigenvalue weighted by Gasteiger charge is 2.15. The van der Waals surface area contributed by atoms with Crippen molar-refractivity contribution >= 4 is 12.0 Å². The van der Waals surface area contributed by atoms with Gasteiger partial charge in [-0.2, -0.15) is 0 Å². The summed E-state index contributed by atoms with van der Waals surface area (Å²) >= 11 is 0. The highest BCUT2D eigenvalue weighted by Crippen LogP contribution is 2.14. The van der Waals surface area contributed by atoms with E-state index < -0.39 is 12.0 Å². The van der Waals surface area contributed by atoms with Crippen LogP contribution in [-0.4, -0.2) is 28.2 Å². The molecule has 132 valence electrons. The molecule has 1 aromatic heterocycles. The Balaban J connectivity index is 2.03. The quantitative estimate of drug-likeness (QED) is 0.636. The van der Waals surface area contributed by atoms with Crippen LogP contribution in [0, 0.1) is 0 Å². The number of carboxylic acids is 1. The third kappa shape index (κ3) is 6.14. The molecule has 2 rings (SSSR count). The number of carbonyl (C=O) groups excluding carboxylic acids is 1. The zero-order valence-corrected chi connectivity index (χ0v) is 13.7. The van der Waals surface area contributed by atoms with E-state index in [4.69, 9.17) is 5.11 Å². The van der Waals surface area contributed by atoms with E-state index in [-0.39, 0.29) is 24.6 Å². The van der Waals surface area contributed by atoms with Crippen molar-refractivity contribution in [1.82, 2.24) is 15.2 Å². The highest BCUT2D eigenvalue weighted by atomic mass is 16.4. The van der Waals surface area contributed by atoms with E-state index in [0.29, 0.717) is 13.0 Å². The smallest absolute Gasteiger partial charge is 0.315 e. The molecule has 0 saturated heterocycles. The van der Waals surface area contributed by atoms with E-state index in [2.05, 4.69) is 10.6 Å². The topological polar surface area (TPSA) is 100 Å². The zero-order valence-electron chi connectivity index (χ0n) is 13.7. The number of aromatic nitrogens is 1. The van der Waals surface area contributed by atoms with Crippen molar-refractivity contribution in [3.8, 4) is 0 Å². The van der Waals surface area contributed by atoms with Crippen molar-refractivity contribution in [2.24, 2.45) is 0 Å². The van der Waals surface area contributed by atoms with E-state index in [1.165, 1.54) is 10.6 Å². The lowest BCUT2D eigenvalue weighted by atomic mass is 10.1. The summed E-state index contributed by atoms with van der Waals surface area (Å²) in [5.74, 6) is -0.896. The molecule has 0 fully saturated rings. The number of benzene rings is 1. The van der Waals surface area contributed by atoms with Crippen molar-refractivity contribution < 1.29 is 14.7 Å². The summed E-state index contributed by atoms with van der Waals surface area (Å²) < 4.78 is 1.53. The Labute approximate surface area is 145 Å².